The molecular weight excluding hydrogens is 250 g/mol. The van der Waals surface area contributed by atoms with Crippen LogP contribution >= 0.6 is 11.8 Å². The average molecular weight is 265 g/mol. The molecule has 1 aliphatic heterocycles. The van der Waals surface area contributed by atoms with E-state index in [0.717, 1.165) is 6.42 Å². The number of nitrogens with one attached hydrogen (secondary N) is 2. The Morgan fingerprint density at radius 2 is 2.44 bits per heavy atom. The fourth-order valence-corrected chi connectivity index (χ4v) is 2.42. The van der Waals surface area contributed by atoms with Gasteiger partial charge in [0.05, 0.1) is 5.56 Å². The van der Waals surface area contributed by atoms with Gasteiger partial charge in [-0.25, -0.2) is 4.98 Å². The number of thioether (sulfide) groups is 1. The van der Waals surface area contributed by atoms with Gasteiger partial charge in [-0.05, 0) is 31.2 Å². The van der Waals surface area contributed by atoms with Crippen LogP contribution in [-0.4, -0.2) is 35.6 Å². The van der Waals surface area contributed by atoms with Gasteiger partial charge in [0.2, 0.25) is 5.91 Å². The van der Waals surface area contributed by atoms with Gasteiger partial charge in [0.1, 0.15) is 11.1 Å². The maximum absolute atomic E-state index is 12.1. The Bertz CT molecular complexity index is 464. The summed E-state index contributed by atoms with van der Waals surface area (Å²) in [7, 11) is 0. The molecule has 0 unspecified atom stereocenters. The van der Waals surface area contributed by atoms with Crippen LogP contribution in [0.5, 0.6) is 0 Å². The topological polar surface area (TPSA) is 71.1 Å². The molecule has 96 valence electrons. The predicted molar refractivity (Wildman–Crippen MR) is 69.5 cm³/mol. The van der Waals surface area contributed by atoms with Crippen molar-refractivity contribution in [3.63, 3.8) is 0 Å². The maximum atomic E-state index is 12.1. The second-order valence-corrected chi connectivity index (χ2v) is 4.81. The Hall–Kier alpha value is -1.56. The summed E-state index contributed by atoms with van der Waals surface area (Å²) < 4.78 is 0. The van der Waals surface area contributed by atoms with Gasteiger partial charge >= 0.3 is 0 Å². The number of amides is 2. The summed E-state index contributed by atoms with van der Waals surface area (Å²) in [5.41, 5.74) is 0.517. The van der Waals surface area contributed by atoms with Crippen molar-refractivity contribution in [1.82, 2.24) is 15.6 Å². The standard InChI is InChI=1S/C12H15N3O2S/c1-18-12-8(4-2-7-14-12)10(16)15-9-5-3-6-13-11(9)17/h2,4,7,9H,3,5-6H2,1H3,(H,13,17)(H,15,16)/t9-/m0/s1. The number of nitrogens with zero attached hydrogens (tertiary/aromatic N) is 1. The van der Waals surface area contributed by atoms with Gasteiger partial charge in [-0.15, -0.1) is 11.8 Å². The van der Waals surface area contributed by atoms with Crippen LogP contribution in [0.4, 0.5) is 0 Å². The minimum absolute atomic E-state index is 0.107. The molecule has 2 amide bonds. The summed E-state index contributed by atoms with van der Waals surface area (Å²) in [5, 5.41) is 6.17. The van der Waals surface area contributed by atoms with Crippen LogP contribution in [0, 0.1) is 0 Å². The Balaban J connectivity index is 2.09. The molecule has 0 aromatic carbocycles. The van der Waals surface area contributed by atoms with Crippen molar-refractivity contribution in [3.8, 4) is 0 Å². The first kappa shape index (κ1) is 12.9. The third kappa shape index (κ3) is 2.81. The van der Waals surface area contributed by atoms with Gasteiger partial charge in [-0.1, -0.05) is 0 Å². The molecule has 1 saturated heterocycles. The smallest absolute Gasteiger partial charge is 0.254 e. The first-order chi connectivity index (χ1) is 8.72. The van der Waals surface area contributed by atoms with Crippen molar-refractivity contribution in [2.45, 2.75) is 23.9 Å². The van der Waals surface area contributed by atoms with E-state index in [1.807, 2.05) is 6.26 Å². The normalized spacial score (nSPS) is 19.2. The van der Waals surface area contributed by atoms with Gasteiger partial charge in [0.25, 0.3) is 5.91 Å². The van der Waals surface area contributed by atoms with Crippen LogP contribution < -0.4 is 10.6 Å². The SMILES string of the molecule is CSc1ncccc1C(=O)N[C@H]1CCCNC1=O. The second kappa shape index (κ2) is 5.86. The average Bonchev–Trinajstić information content (AvgIpc) is 2.41. The molecule has 2 rings (SSSR count). The zero-order valence-electron chi connectivity index (χ0n) is 10.1. The molecule has 2 N–H and O–H groups in total. The highest BCUT2D eigenvalue weighted by Crippen LogP contribution is 2.17. The molecule has 0 saturated carbocycles. The molecular formula is C12H15N3O2S. The monoisotopic (exact) mass is 265 g/mol. The fraction of sp³-hybridized carbons (Fsp3) is 0.417. The van der Waals surface area contributed by atoms with Gasteiger partial charge < -0.3 is 10.6 Å². The lowest BCUT2D eigenvalue weighted by atomic mass is 10.1. The van der Waals surface area contributed by atoms with E-state index in [4.69, 9.17) is 0 Å². The minimum atomic E-state index is -0.429. The molecule has 0 radical (unpaired) electrons. The van der Waals surface area contributed by atoms with E-state index in [1.165, 1.54) is 11.8 Å². The minimum Gasteiger partial charge on any atom is -0.354 e. The van der Waals surface area contributed by atoms with Gasteiger partial charge in [-0.2, -0.15) is 0 Å². The van der Waals surface area contributed by atoms with Crippen LogP contribution in [0.25, 0.3) is 0 Å². The van der Waals surface area contributed by atoms with Crippen molar-refractivity contribution in [1.29, 1.82) is 0 Å². The molecule has 1 aliphatic rings. The number of carbonyl (C=O) groups is 2. The number of hydrogen-bond donors (Lipinski definition) is 2. The molecule has 1 aromatic rings. The molecule has 1 aromatic heterocycles. The van der Waals surface area contributed by atoms with Crippen molar-refractivity contribution in [2.75, 3.05) is 12.8 Å². The van der Waals surface area contributed by atoms with E-state index in [2.05, 4.69) is 15.6 Å². The second-order valence-electron chi connectivity index (χ2n) is 4.02. The first-order valence-corrected chi connectivity index (χ1v) is 7.02. The van der Waals surface area contributed by atoms with Gasteiger partial charge in [0, 0.05) is 12.7 Å². The zero-order chi connectivity index (χ0) is 13.0. The number of pyridine rings is 1. The van der Waals surface area contributed by atoms with Crippen LogP contribution in [0.2, 0.25) is 0 Å². The highest BCUT2D eigenvalue weighted by atomic mass is 32.2. The Morgan fingerprint density at radius 3 is 3.17 bits per heavy atom. The van der Waals surface area contributed by atoms with Crippen LogP contribution in [0.3, 0.4) is 0 Å². The van der Waals surface area contributed by atoms with Crippen LogP contribution in [0.1, 0.15) is 23.2 Å². The van der Waals surface area contributed by atoms with Crippen molar-refractivity contribution >= 4 is 23.6 Å². The van der Waals surface area contributed by atoms with E-state index in [1.54, 1.807) is 18.3 Å². The molecule has 0 spiro atoms. The van der Waals surface area contributed by atoms with Crippen molar-refractivity contribution in [3.05, 3.63) is 23.9 Å². The molecule has 18 heavy (non-hydrogen) atoms. The van der Waals surface area contributed by atoms with E-state index < -0.39 is 6.04 Å². The molecule has 0 bridgehead atoms. The lowest BCUT2D eigenvalue weighted by Crippen LogP contribution is -2.50. The molecule has 6 heteroatoms. The number of hydrogen-bond acceptors (Lipinski definition) is 4. The molecule has 5 nitrogen and oxygen atoms in total. The summed E-state index contributed by atoms with van der Waals surface area (Å²) in [6.07, 6.45) is 5.09. The van der Waals surface area contributed by atoms with E-state index >= 15 is 0 Å². The Morgan fingerprint density at radius 1 is 1.61 bits per heavy atom. The number of aromatic nitrogens is 1. The predicted octanol–water partition coefficient (Wildman–Crippen LogP) is 0.812. The molecule has 1 fully saturated rings. The number of carbonyl (C=O) groups excluding carboxylic acids is 2. The van der Waals surface area contributed by atoms with E-state index in [0.29, 0.717) is 23.6 Å². The van der Waals surface area contributed by atoms with Gasteiger partial charge in [-0.3, -0.25) is 9.59 Å². The quantitative estimate of drug-likeness (QED) is 0.794. The lowest BCUT2D eigenvalue weighted by Gasteiger charge is -2.22. The highest BCUT2D eigenvalue weighted by Gasteiger charge is 2.24. The summed E-state index contributed by atoms with van der Waals surface area (Å²) in [5.74, 6) is -0.348. The molecule has 0 aliphatic carbocycles. The van der Waals surface area contributed by atoms with Gasteiger partial charge in [0.15, 0.2) is 0 Å². The largest absolute Gasteiger partial charge is 0.354 e. The molecule has 2 heterocycles. The summed E-state index contributed by atoms with van der Waals surface area (Å²) in [4.78, 5) is 27.8. The fourth-order valence-electron chi connectivity index (χ4n) is 1.87. The third-order valence-corrected chi connectivity index (χ3v) is 3.51. The van der Waals surface area contributed by atoms with Crippen LogP contribution in [-0.2, 0) is 4.79 Å². The Labute approximate surface area is 110 Å². The maximum Gasteiger partial charge on any atom is 0.254 e. The zero-order valence-corrected chi connectivity index (χ0v) is 10.9. The van der Waals surface area contributed by atoms with Crippen molar-refractivity contribution in [2.24, 2.45) is 0 Å². The summed E-state index contributed by atoms with van der Waals surface area (Å²) in [6.45, 7) is 0.689. The van der Waals surface area contributed by atoms with E-state index in [-0.39, 0.29) is 11.8 Å². The third-order valence-electron chi connectivity index (χ3n) is 2.80. The summed E-state index contributed by atoms with van der Waals surface area (Å²) >= 11 is 1.41. The first-order valence-electron chi connectivity index (χ1n) is 5.80. The summed E-state index contributed by atoms with van der Waals surface area (Å²) in [6, 6.07) is 3.01. The van der Waals surface area contributed by atoms with Crippen molar-refractivity contribution < 1.29 is 9.59 Å². The Kier molecular flexibility index (Phi) is 4.19. The number of rotatable bonds is 3. The highest BCUT2D eigenvalue weighted by molar-refractivity contribution is 7.98. The molecule has 1 atom stereocenters. The lowest BCUT2D eigenvalue weighted by molar-refractivity contribution is -0.124. The van der Waals surface area contributed by atoms with Crippen LogP contribution in [0.15, 0.2) is 23.4 Å². The van der Waals surface area contributed by atoms with E-state index in [9.17, 15) is 9.59 Å². The number of piperidine rings is 1.